The summed E-state index contributed by atoms with van der Waals surface area (Å²) in [5.74, 6) is 0. The van der Waals surface area contributed by atoms with Crippen LogP contribution in [-0.4, -0.2) is 6.18 Å². The van der Waals surface area contributed by atoms with Crippen molar-refractivity contribution < 1.29 is 13.2 Å². The first kappa shape index (κ1) is 9.83. The van der Waals surface area contributed by atoms with E-state index in [1.807, 2.05) is 0 Å². The van der Waals surface area contributed by atoms with Crippen molar-refractivity contribution in [3.05, 3.63) is 33.4 Å². The van der Waals surface area contributed by atoms with Gasteiger partial charge in [-0.25, -0.2) is 0 Å². The summed E-state index contributed by atoms with van der Waals surface area (Å²) in [4.78, 5) is 0. The molecule has 0 unspecified atom stereocenters. The highest BCUT2D eigenvalue weighted by molar-refractivity contribution is 14.1. The molecule has 0 N–H and O–H groups in total. The van der Waals surface area contributed by atoms with E-state index in [4.69, 9.17) is 0 Å². The van der Waals surface area contributed by atoms with E-state index in [1.54, 1.807) is 12.1 Å². The first-order valence-corrected chi connectivity index (χ1v) is 4.36. The molecule has 0 aliphatic heterocycles. The third-order valence-corrected chi connectivity index (χ3v) is 2.04. The van der Waals surface area contributed by atoms with Gasteiger partial charge >= 0.3 is 6.18 Å². The quantitative estimate of drug-likeness (QED) is 0.694. The predicted octanol–water partition coefficient (Wildman–Crippen LogP) is 3.40. The van der Waals surface area contributed by atoms with Crippen molar-refractivity contribution in [3.63, 3.8) is 0 Å². The summed E-state index contributed by atoms with van der Waals surface area (Å²) in [5.41, 5.74) is 0.308. The van der Waals surface area contributed by atoms with Crippen molar-refractivity contribution >= 4 is 22.6 Å². The molecule has 12 heavy (non-hydrogen) atoms. The van der Waals surface area contributed by atoms with E-state index >= 15 is 0 Å². The minimum Gasteiger partial charge on any atom is -0.171 e. The van der Waals surface area contributed by atoms with E-state index in [0.717, 1.165) is 3.57 Å². The van der Waals surface area contributed by atoms with Crippen LogP contribution in [-0.2, 0) is 6.42 Å². The van der Waals surface area contributed by atoms with Crippen molar-refractivity contribution in [2.45, 2.75) is 12.6 Å². The fraction of sp³-hybridized carbons (Fsp3) is 0.250. The van der Waals surface area contributed by atoms with Gasteiger partial charge in [0.15, 0.2) is 0 Å². The van der Waals surface area contributed by atoms with E-state index in [1.165, 1.54) is 12.1 Å². The average molecular weight is 286 g/mol. The summed E-state index contributed by atoms with van der Waals surface area (Å²) >= 11 is 2.05. The van der Waals surface area contributed by atoms with Crippen LogP contribution in [0.4, 0.5) is 13.2 Å². The number of hydrogen-bond donors (Lipinski definition) is 0. The molecule has 1 aromatic rings. The average Bonchev–Trinajstić information content (AvgIpc) is 1.91. The first-order chi connectivity index (χ1) is 5.47. The van der Waals surface area contributed by atoms with Gasteiger partial charge in [-0.3, -0.25) is 0 Å². The normalized spacial score (nSPS) is 11.7. The molecule has 0 amide bonds. The van der Waals surface area contributed by atoms with Crippen molar-refractivity contribution in [2.24, 2.45) is 0 Å². The lowest BCUT2D eigenvalue weighted by Gasteiger charge is -2.05. The summed E-state index contributed by atoms with van der Waals surface area (Å²) in [6.45, 7) is 0. The molecule has 1 aromatic carbocycles. The predicted molar refractivity (Wildman–Crippen MR) is 48.9 cm³/mol. The number of benzene rings is 1. The molecule has 0 fully saturated rings. The molecular formula is C8H6F3I. The van der Waals surface area contributed by atoms with Crippen LogP contribution in [0.3, 0.4) is 0 Å². The van der Waals surface area contributed by atoms with Gasteiger partial charge in [-0.2, -0.15) is 13.2 Å². The van der Waals surface area contributed by atoms with Gasteiger partial charge in [0.2, 0.25) is 0 Å². The molecule has 0 saturated carbocycles. The minimum atomic E-state index is -4.10. The van der Waals surface area contributed by atoms with Gasteiger partial charge in [0.05, 0.1) is 6.42 Å². The Hall–Kier alpha value is -0.260. The zero-order valence-corrected chi connectivity index (χ0v) is 8.19. The Morgan fingerprint density at radius 2 is 1.58 bits per heavy atom. The molecule has 66 valence electrons. The highest BCUT2D eigenvalue weighted by Crippen LogP contribution is 2.21. The lowest BCUT2D eigenvalue weighted by Crippen LogP contribution is -2.11. The molecule has 0 bridgehead atoms. The largest absolute Gasteiger partial charge is 0.393 e. The SMILES string of the molecule is FC(F)(F)Cc1ccc(I)cc1. The maximum absolute atomic E-state index is 11.8. The second kappa shape index (κ2) is 3.64. The molecule has 1 rings (SSSR count). The van der Waals surface area contributed by atoms with Crippen molar-refractivity contribution in [1.29, 1.82) is 0 Å². The van der Waals surface area contributed by atoms with Gasteiger partial charge in [-0.1, -0.05) is 12.1 Å². The lowest BCUT2D eigenvalue weighted by molar-refractivity contribution is -0.127. The summed E-state index contributed by atoms with van der Waals surface area (Å²) < 4.78 is 36.5. The number of hydrogen-bond acceptors (Lipinski definition) is 0. The van der Waals surface area contributed by atoms with Crippen LogP contribution in [0, 0.1) is 3.57 Å². The van der Waals surface area contributed by atoms with Gasteiger partial charge in [-0.15, -0.1) is 0 Å². The Bertz CT molecular complexity index is 250. The molecule has 0 atom stereocenters. The third-order valence-electron chi connectivity index (χ3n) is 1.32. The minimum absolute atomic E-state index is 0.308. The second-order valence-electron chi connectivity index (χ2n) is 2.42. The third kappa shape index (κ3) is 3.42. The molecule has 0 radical (unpaired) electrons. The van der Waals surface area contributed by atoms with Gasteiger partial charge in [0.1, 0.15) is 0 Å². The first-order valence-electron chi connectivity index (χ1n) is 3.28. The number of rotatable bonds is 1. The van der Waals surface area contributed by atoms with Crippen LogP contribution < -0.4 is 0 Å². The van der Waals surface area contributed by atoms with Gasteiger partial charge in [0, 0.05) is 3.57 Å². The Morgan fingerprint density at radius 3 is 2.00 bits per heavy atom. The summed E-state index contributed by atoms with van der Waals surface area (Å²) in [5, 5.41) is 0. The maximum Gasteiger partial charge on any atom is 0.393 e. The maximum atomic E-state index is 11.8. The van der Waals surface area contributed by atoms with Crippen LogP contribution in [0.25, 0.3) is 0 Å². The van der Waals surface area contributed by atoms with E-state index in [-0.39, 0.29) is 0 Å². The van der Waals surface area contributed by atoms with Crippen LogP contribution in [0.5, 0.6) is 0 Å². The number of alkyl halides is 3. The Labute approximate surface area is 81.9 Å². The molecule has 4 heteroatoms. The molecular weight excluding hydrogens is 280 g/mol. The molecule has 0 spiro atoms. The fourth-order valence-electron chi connectivity index (χ4n) is 0.834. The summed E-state index contributed by atoms with van der Waals surface area (Å²) in [7, 11) is 0. The zero-order valence-electron chi connectivity index (χ0n) is 6.03. The monoisotopic (exact) mass is 286 g/mol. The van der Waals surface area contributed by atoms with Crippen LogP contribution in [0.1, 0.15) is 5.56 Å². The molecule has 0 saturated heterocycles. The Kier molecular flexibility index (Phi) is 2.98. The van der Waals surface area contributed by atoms with Crippen molar-refractivity contribution in [3.8, 4) is 0 Å². The van der Waals surface area contributed by atoms with Gasteiger partial charge in [-0.05, 0) is 40.3 Å². The van der Waals surface area contributed by atoms with Crippen LogP contribution >= 0.6 is 22.6 Å². The van der Waals surface area contributed by atoms with E-state index in [0.29, 0.717) is 5.56 Å². The highest BCUT2D eigenvalue weighted by atomic mass is 127. The van der Waals surface area contributed by atoms with Crippen molar-refractivity contribution in [1.82, 2.24) is 0 Å². The van der Waals surface area contributed by atoms with E-state index in [2.05, 4.69) is 22.6 Å². The second-order valence-corrected chi connectivity index (χ2v) is 3.66. The van der Waals surface area contributed by atoms with Crippen molar-refractivity contribution in [2.75, 3.05) is 0 Å². The van der Waals surface area contributed by atoms with Gasteiger partial charge in [0.25, 0.3) is 0 Å². The molecule has 0 aliphatic carbocycles. The standard InChI is InChI=1S/C8H6F3I/c9-8(10,11)5-6-1-3-7(12)4-2-6/h1-4H,5H2. The fourth-order valence-corrected chi connectivity index (χ4v) is 1.19. The summed E-state index contributed by atoms with van der Waals surface area (Å²) in [6, 6.07) is 6.33. The Morgan fingerprint density at radius 1 is 1.08 bits per heavy atom. The molecule has 0 aliphatic rings. The zero-order chi connectivity index (χ0) is 9.19. The topological polar surface area (TPSA) is 0 Å². The molecule has 0 heterocycles. The van der Waals surface area contributed by atoms with E-state index < -0.39 is 12.6 Å². The molecule has 0 aromatic heterocycles. The van der Waals surface area contributed by atoms with E-state index in [9.17, 15) is 13.2 Å². The smallest absolute Gasteiger partial charge is 0.171 e. The van der Waals surface area contributed by atoms with Crippen LogP contribution in [0.2, 0.25) is 0 Å². The van der Waals surface area contributed by atoms with Crippen LogP contribution in [0.15, 0.2) is 24.3 Å². The summed E-state index contributed by atoms with van der Waals surface area (Å²) in [6.07, 6.45) is -4.95. The Balaban J connectivity index is 2.71. The highest BCUT2D eigenvalue weighted by Gasteiger charge is 2.27. The lowest BCUT2D eigenvalue weighted by atomic mass is 10.1. The number of halogens is 4. The molecule has 0 nitrogen and oxygen atoms in total. The van der Waals surface area contributed by atoms with Gasteiger partial charge < -0.3 is 0 Å².